The maximum absolute atomic E-state index is 8.22. The molecule has 0 aliphatic carbocycles. The van der Waals surface area contributed by atoms with Crippen molar-refractivity contribution < 1.29 is 0 Å². The third-order valence-corrected chi connectivity index (χ3v) is 0.931. The number of nitrogens with zero attached hydrogens (tertiary/aromatic N) is 1. The molecule has 0 saturated heterocycles. The Labute approximate surface area is 56.3 Å². The molecule has 0 fully saturated rings. The van der Waals surface area contributed by atoms with E-state index in [2.05, 4.69) is 6.07 Å². The lowest BCUT2D eigenvalue weighted by atomic mass is 10.2. The summed E-state index contributed by atoms with van der Waals surface area (Å²) in [5.41, 5.74) is 1.11. The molecule has 0 unspecified atom stereocenters. The molecule has 0 aromatic carbocycles. The third-order valence-electron chi connectivity index (χ3n) is 0.931. The molecule has 0 rings (SSSR count). The van der Waals surface area contributed by atoms with E-state index in [9.17, 15) is 0 Å². The second kappa shape index (κ2) is 5.11. The van der Waals surface area contributed by atoms with Gasteiger partial charge in [-0.3, -0.25) is 0 Å². The first kappa shape index (κ1) is 7.97. The highest BCUT2D eigenvalue weighted by atomic mass is 14.2. The van der Waals surface area contributed by atoms with Gasteiger partial charge < -0.3 is 0 Å². The van der Waals surface area contributed by atoms with Gasteiger partial charge in [0.25, 0.3) is 0 Å². The minimum atomic E-state index is 0.532. The average Bonchev–Trinajstić information content (AvgIpc) is 1.85. The van der Waals surface area contributed by atoms with Gasteiger partial charge in [0.05, 0.1) is 12.5 Å². The minimum absolute atomic E-state index is 0.532. The van der Waals surface area contributed by atoms with Crippen LogP contribution in [0.5, 0.6) is 0 Å². The first-order chi connectivity index (χ1) is 4.31. The van der Waals surface area contributed by atoms with Gasteiger partial charge in [0.1, 0.15) is 0 Å². The Bertz CT molecular complexity index is 158. The highest BCUT2D eigenvalue weighted by Gasteiger charge is 1.81. The molecule has 0 radical (unpaired) electrons. The summed E-state index contributed by atoms with van der Waals surface area (Å²) in [6, 6.07) is 2.07. The summed E-state index contributed by atoms with van der Waals surface area (Å²) in [6.07, 6.45) is 6.36. The quantitative estimate of drug-likeness (QED) is 0.515. The number of hydrogen-bond acceptors (Lipinski definition) is 1. The van der Waals surface area contributed by atoms with Crippen molar-refractivity contribution in [3.05, 3.63) is 23.8 Å². The number of rotatable bonds is 2. The molecule has 0 spiro atoms. The lowest BCUT2D eigenvalue weighted by Crippen LogP contribution is -1.69. The fraction of sp³-hybridized carbons (Fsp3) is 0.375. The van der Waals surface area contributed by atoms with E-state index >= 15 is 0 Å². The maximum atomic E-state index is 8.22. The Morgan fingerprint density at radius 3 is 2.78 bits per heavy atom. The van der Waals surface area contributed by atoms with Crippen LogP contribution in [0.1, 0.15) is 20.3 Å². The topological polar surface area (TPSA) is 23.8 Å². The van der Waals surface area contributed by atoms with E-state index in [1.165, 1.54) is 0 Å². The zero-order valence-corrected chi connectivity index (χ0v) is 5.89. The standard InChI is InChI=1S/C8H11N/c1-3-4-5-8(2)6-7-9/h3-5H,6H2,1-2H3/b4-3-,8-5+. The van der Waals surface area contributed by atoms with Gasteiger partial charge in [-0.1, -0.05) is 23.8 Å². The lowest BCUT2D eigenvalue weighted by molar-refractivity contribution is 1.21. The molecular formula is C8H11N. The van der Waals surface area contributed by atoms with Crippen molar-refractivity contribution in [3.8, 4) is 6.07 Å². The molecule has 0 bridgehead atoms. The maximum Gasteiger partial charge on any atom is 0.0666 e. The Hall–Kier alpha value is -1.03. The van der Waals surface area contributed by atoms with Crippen LogP contribution >= 0.6 is 0 Å². The molecule has 0 amide bonds. The van der Waals surface area contributed by atoms with Crippen LogP contribution in [0.25, 0.3) is 0 Å². The van der Waals surface area contributed by atoms with Crippen LogP contribution in [0.4, 0.5) is 0 Å². The number of nitriles is 1. The summed E-state index contributed by atoms with van der Waals surface area (Å²) in [5, 5.41) is 8.22. The minimum Gasteiger partial charge on any atom is -0.198 e. The summed E-state index contributed by atoms with van der Waals surface area (Å²) < 4.78 is 0. The molecular weight excluding hydrogens is 110 g/mol. The number of allylic oxidation sites excluding steroid dienone is 4. The monoisotopic (exact) mass is 121 g/mol. The van der Waals surface area contributed by atoms with Crippen LogP contribution in [0, 0.1) is 11.3 Å². The van der Waals surface area contributed by atoms with Crippen molar-refractivity contribution in [2.24, 2.45) is 0 Å². The van der Waals surface area contributed by atoms with Crippen LogP contribution in [0.15, 0.2) is 23.8 Å². The van der Waals surface area contributed by atoms with Gasteiger partial charge in [-0.2, -0.15) is 5.26 Å². The van der Waals surface area contributed by atoms with E-state index in [4.69, 9.17) is 5.26 Å². The molecule has 0 aliphatic heterocycles. The van der Waals surface area contributed by atoms with Crippen LogP contribution in [-0.2, 0) is 0 Å². The summed E-state index contributed by atoms with van der Waals surface area (Å²) in [6.45, 7) is 3.90. The molecule has 0 N–H and O–H groups in total. The first-order valence-corrected chi connectivity index (χ1v) is 2.96. The molecule has 1 heteroatoms. The fourth-order valence-corrected chi connectivity index (χ4v) is 0.444. The van der Waals surface area contributed by atoms with Gasteiger partial charge in [-0.05, 0) is 13.8 Å². The highest BCUT2D eigenvalue weighted by Crippen LogP contribution is 1.96. The van der Waals surface area contributed by atoms with Gasteiger partial charge in [0, 0.05) is 0 Å². The Balaban J connectivity index is 3.72. The van der Waals surface area contributed by atoms with Gasteiger partial charge in [-0.15, -0.1) is 0 Å². The van der Waals surface area contributed by atoms with E-state index < -0.39 is 0 Å². The average molecular weight is 121 g/mol. The van der Waals surface area contributed by atoms with Crippen LogP contribution in [-0.4, -0.2) is 0 Å². The predicted molar refractivity (Wildman–Crippen MR) is 38.8 cm³/mol. The van der Waals surface area contributed by atoms with Crippen molar-refractivity contribution in [1.29, 1.82) is 5.26 Å². The van der Waals surface area contributed by atoms with Crippen LogP contribution < -0.4 is 0 Å². The normalized spacial score (nSPS) is 11.9. The Morgan fingerprint density at radius 1 is 1.67 bits per heavy atom. The van der Waals surface area contributed by atoms with Gasteiger partial charge >= 0.3 is 0 Å². The number of hydrogen-bond donors (Lipinski definition) is 0. The second-order valence-electron chi connectivity index (χ2n) is 1.87. The molecule has 9 heavy (non-hydrogen) atoms. The van der Waals surface area contributed by atoms with E-state index in [-0.39, 0.29) is 0 Å². The van der Waals surface area contributed by atoms with Gasteiger partial charge in [0.15, 0.2) is 0 Å². The largest absolute Gasteiger partial charge is 0.198 e. The second-order valence-corrected chi connectivity index (χ2v) is 1.87. The lowest BCUT2D eigenvalue weighted by Gasteiger charge is -1.85. The highest BCUT2D eigenvalue weighted by molar-refractivity contribution is 5.12. The van der Waals surface area contributed by atoms with Crippen LogP contribution in [0.3, 0.4) is 0 Å². The van der Waals surface area contributed by atoms with E-state index in [1.54, 1.807) is 0 Å². The Morgan fingerprint density at radius 2 is 2.33 bits per heavy atom. The smallest absolute Gasteiger partial charge is 0.0666 e. The summed E-state index contributed by atoms with van der Waals surface area (Å²) in [5.74, 6) is 0. The molecule has 48 valence electrons. The van der Waals surface area contributed by atoms with Crippen molar-refractivity contribution >= 4 is 0 Å². The predicted octanol–water partition coefficient (Wildman–Crippen LogP) is 2.42. The van der Waals surface area contributed by atoms with Gasteiger partial charge in [0.2, 0.25) is 0 Å². The van der Waals surface area contributed by atoms with Crippen molar-refractivity contribution in [2.45, 2.75) is 20.3 Å². The fourth-order valence-electron chi connectivity index (χ4n) is 0.444. The van der Waals surface area contributed by atoms with Crippen LogP contribution in [0.2, 0.25) is 0 Å². The zero-order valence-electron chi connectivity index (χ0n) is 5.89. The van der Waals surface area contributed by atoms with Crippen molar-refractivity contribution in [1.82, 2.24) is 0 Å². The molecule has 1 nitrogen and oxygen atoms in total. The third kappa shape index (κ3) is 4.83. The van der Waals surface area contributed by atoms with Crippen molar-refractivity contribution in [2.75, 3.05) is 0 Å². The van der Waals surface area contributed by atoms with Crippen molar-refractivity contribution in [3.63, 3.8) is 0 Å². The molecule has 0 saturated carbocycles. The first-order valence-electron chi connectivity index (χ1n) is 2.96. The summed E-state index contributed by atoms with van der Waals surface area (Å²) in [7, 11) is 0. The molecule has 0 heterocycles. The summed E-state index contributed by atoms with van der Waals surface area (Å²) >= 11 is 0. The van der Waals surface area contributed by atoms with E-state index in [0.29, 0.717) is 6.42 Å². The molecule has 0 aliphatic rings. The molecule has 0 atom stereocenters. The van der Waals surface area contributed by atoms with E-state index in [1.807, 2.05) is 32.1 Å². The Kier molecular flexibility index (Phi) is 4.53. The SMILES string of the molecule is C/C=C\C=C(/C)CC#N. The molecule has 0 aromatic rings. The summed E-state index contributed by atoms with van der Waals surface area (Å²) in [4.78, 5) is 0. The zero-order chi connectivity index (χ0) is 7.11. The van der Waals surface area contributed by atoms with Gasteiger partial charge in [-0.25, -0.2) is 0 Å². The molecule has 0 aromatic heterocycles. The van der Waals surface area contributed by atoms with E-state index in [0.717, 1.165) is 5.57 Å².